The normalized spacial score (nSPS) is 9.80. The molecule has 2 aromatic carbocycles. The molecule has 0 atom stereocenters. The SMILES string of the molecule is S=C=Nc1cccc(C=Cc2ccccc2)c1N=C=S. The maximum atomic E-state index is 4.69. The number of benzene rings is 2. The summed E-state index contributed by atoms with van der Waals surface area (Å²) in [6.45, 7) is 0. The van der Waals surface area contributed by atoms with Crippen LogP contribution in [0.2, 0.25) is 0 Å². The van der Waals surface area contributed by atoms with Gasteiger partial charge in [0.05, 0.1) is 10.3 Å². The van der Waals surface area contributed by atoms with Crippen LogP contribution in [0.4, 0.5) is 11.4 Å². The number of thiocarbonyl (C=S) groups is 2. The van der Waals surface area contributed by atoms with E-state index in [0.29, 0.717) is 11.4 Å². The van der Waals surface area contributed by atoms with E-state index in [0.717, 1.165) is 11.1 Å². The molecule has 0 unspecified atom stereocenters. The Morgan fingerprint density at radius 1 is 0.800 bits per heavy atom. The zero-order valence-electron chi connectivity index (χ0n) is 10.5. The van der Waals surface area contributed by atoms with Gasteiger partial charge in [-0.25, -0.2) is 0 Å². The van der Waals surface area contributed by atoms with Crippen LogP contribution in [-0.4, -0.2) is 10.3 Å². The Morgan fingerprint density at radius 2 is 1.55 bits per heavy atom. The minimum absolute atomic E-state index is 0.632. The molecule has 0 aliphatic carbocycles. The Morgan fingerprint density at radius 3 is 2.25 bits per heavy atom. The Hall–Kier alpha value is -2.22. The van der Waals surface area contributed by atoms with Crippen LogP contribution in [0.15, 0.2) is 58.5 Å². The van der Waals surface area contributed by atoms with E-state index >= 15 is 0 Å². The van der Waals surface area contributed by atoms with Crippen molar-refractivity contribution in [2.45, 2.75) is 0 Å². The fourth-order valence-corrected chi connectivity index (χ4v) is 1.93. The standard InChI is InChI=1S/C16H10N2S2/c19-11-17-15-8-4-7-14(16(15)18-12-20)10-9-13-5-2-1-3-6-13/h1-10H. The molecule has 0 aliphatic rings. The topological polar surface area (TPSA) is 24.7 Å². The van der Waals surface area contributed by atoms with Gasteiger partial charge in [-0.2, -0.15) is 9.98 Å². The monoisotopic (exact) mass is 294 g/mol. The molecule has 0 heterocycles. The molecule has 0 spiro atoms. The molecule has 2 nitrogen and oxygen atoms in total. The van der Waals surface area contributed by atoms with Gasteiger partial charge in [0, 0.05) is 5.56 Å². The second-order valence-electron chi connectivity index (χ2n) is 3.87. The lowest BCUT2D eigenvalue weighted by atomic mass is 10.1. The highest BCUT2D eigenvalue weighted by Crippen LogP contribution is 2.32. The van der Waals surface area contributed by atoms with Gasteiger partial charge in [0.2, 0.25) is 0 Å². The molecule has 4 heteroatoms. The fourth-order valence-electron chi connectivity index (χ4n) is 1.74. The second-order valence-corrected chi connectivity index (χ2v) is 4.23. The van der Waals surface area contributed by atoms with Gasteiger partial charge in [-0.1, -0.05) is 54.6 Å². The Bertz CT molecular complexity index is 723. The number of hydrogen-bond donors (Lipinski definition) is 0. The first-order valence-electron chi connectivity index (χ1n) is 5.87. The van der Waals surface area contributed by atoms with E-state index in [1.165, 1.54) is 0 Å². The molecule has 0 aromatic heterocycles. The van der Waals surface area contributed by atoms with E-state index in [9.17, 15) is 0 Å². The molecule has 20 heavy (non-hydrogen) atoms. The number of hydrogen-bond acceptors (Lipinski definition) is 4. The van der Waals surface area contributed by atoms with Crippen LogP contribution in [0.1, 0.15) is 11.1 Å². The molecule has 0 N–H and O–H groups in total. The molecule has 0 saturated heterocycles. The zero-order valence-corrected chi connectivity index (χ0v) is 12.1. The summed E-state index contributed by atoms with van der Waals surface area (Å²) in [6, 6.07) is 15.6. The molecule has 0 aliphatic heterocycles. The van der Waals surface area contributed by atoms with Crippen molar-refractivity contribution < 1.29 is 0 Å². The zero-order chi connectivity index (χ0) is 14.2. The average Bonchev–Trinajstić information content (AvgIpc) is 2.49. The Balaban J connectivity index is 2.46. The lowest BCUT2D eigenvalue weighted by molar-refractivity contribution is 1.46. The van der Waals surface area contributed by atoms with E-state index < -0.39 is 0 Å². The van der Waals surface area contributed by atoms with Crippen molar-refractivity contribution in [1.82, 2.24) is 0 Å². The maximum absolute atomic E-state index is 4.69. The molecule has 2 aromatic rings. The van der Waals surface area contributed by atoms with E-state index in [1.54, 1.807) is 0 Å². The van der Waals surface area contributed by atoms with E-state index in [2.05, 4.69) is 44.7 Å². The lowest BCUT2D eigenvalue weighted by Crippen LogP contribution is -1.76. The summed E-state index contributed by atoms with van der Waals surface area (Å²) in [4.78, 5) is 8.06. The van der Waals surface area contributed by atoms with Crippen molar-refractivity contribution in [3.63, 3.8) is 0 Å². The summed E-state index contributed by atoms with van der Waals surface area (Å²) in [6.07, 6.45) is 3.96. The molecule has 2 rings (SSSR count). The van der Waals surface area contributed by atoms with Crippen LogP contribution < -0.4 is 0 Å². The molecular formula is C16H10N2S2. The quantitative estimate of drug-likeness (QED) is 0.433. The molecule has 0 saturated carbocycles. The van der Waals surface area contributed by atoms with Gasteiger partial charge in [0.15, 0.2) is 0 Å². The largest absolute Gasteiger partial charge is 0.192 e. The van der Waals surface area contributed by atoms with Gasteiger partial charge < -0.3 is 0 Å². The van der Waals surface area contributed by atoms with E-state index in [-0.39, 0.29) is 0 Å². The van der Waals surface area contributed by atoms with Gasteiger partial charge >= 0.3 is 0 Å². The Labute approximate surface area is 128 Å². The predicted molar refractivity (Wildman–Crippen MR) is 91.2 cm³/mol. The Kier molecular flexibility index (Phi) is 5.24. The third-order valence-electron chi connectivity index (χ3n) is 2.62. The molecule has 96 valence electrons. The van der Waals surface area contributed by atoms with Crippen molar-refractivity contribution in [3.8, 4) is 0 Å². The highest BCUT2D eigenvalue weighted by atomic mass is 32.1. The van der Waals surface area contributed by atoms with Crippen molar-refractivity contribution in [2.24, 2.45) is 9.98 Å². The third-order valence-corrected chi connectivity index (χ3v) is 2.81. The first-order chi connectivity index (χ1) is 9.85. The van der Waals surface area contributed by atoms with Gasteiger partial charge in [0.1, 0.15) is 11.4 Å². The van der Waals surface area contributed by atoms with Gasteiger partial charge in [-0.15, -0.1) is 0 Å². The summed E-state index contributed by atoms with van der Waals surface area (Å²) >= 11 is 9.33. The van der Waals surface area contributed by atoms with Crippen LogP contribution in [0, 0.1) is 0 Å². The van der Waals surface area contributed by atoms with Crippen molar-refractivity contribution in [1.29, 1.82) is 0 Å². The van der Waals surface area contributed by atoms with E-state index in [1.807, 2.05) is 60.7 Å². The smallest absolute Gasteiger partial charge is 0.108 e. The van der Waals surface area contributed by atoms with Crippen LogP contribution in [0.25, 0.3) is 12.2 Å². The number of isothiocyanates is 2. The third kappa shape index (κ3) is 3.64. The second kappa shape index (κ2) is 7.39. The number of para-hydroxylation sites is 1. The number of nitrogens with zero attached hydrogens (tertiary/aromatic N) is 2. The summed E-state index contributed by atoms with van der Waals surface area (Å²) in [5.74, 6) is 0. The fraction of sp³-hybridized carbons (Fsp3) is 0. The highest BCUT2D eigenvalue weighted by Gasteiger charge is 2.04. The van der Waals surface area contributed by atoms with Crippen LogP contribution in [0.5, 0.6) is 0 Å². The van der Waals surface area contributed by atoms with Crippen LogP contribution >= 0.6 is 24.4 Å². The van der Waals surface area contributed by atoms with E-state index in [4.69, 9.17) is 0 Å². The van der Waals surface area contributed by atoms with Crippen molar-refractivity contribution in [3.05, 3.63) is 59.7 Å². The molecule has 0 amide bonds. The molecule has 0 bridgehead atoms. The van der Waals surface area contributed by atoms with Crippen molar-refractivity contribution in [2.75, 3.05) is 0 Å². The molecular weight excluding hydrogens is 284 g/mol. The summed E-state index contributed by atoms with van der Waals surface area (Å²) in [5, 5.41) is 4.72. The predicted octanol–water partition coefficient (Wildman–Crippen LogP) is 5.33. The number of rotatable bonds is 4. The number of aliphatic imine (C=N–C) groups is 2. The highest BCUT2D eigenvalue weighted by molar-refractivity contribution is 7.78. The molecule has 0 radical (unpaired) electrons. The maximum Gasteiger partial charge on any atom is 0.108 e. The van der Waals surface area contributed by atoms with Crippen LogP contribution in [0.3, 0.4) is 0 Å². The van der Waals surface area contributed by atoms with Crippen LogP contribution in [-0.2, 0) is 0 Å². The first-order valence-corrected chi connectivity index (χ1v) is 6.68. The summed E-state index contributed by atoms with van der Waals surface area (Å²) in [5.41, 5.74) is 3.28. The minimum atomic E-state index is 0.632. The first kappa shape index (κ1) is 14.2. The average molecular weight is 294 g/mol. The summed E-state index contributed by atoms with van der Waals surface area (Å²) < 4.78 is 0. The van der Waals surface area contributed by atoms with Gasteiger partial charge in [-0.3, -0.25) is 0 Å². The lowest BCUT2D eigenvalue weighted by Gasteiger charge is -2.02. The van der Waals surface area contributed by atoms with Crippen molar-refractivity contribution >= 4 is 58.3 Å². The molecule has 0 fully saturated rings. The minimum Gasteiger partial charge on any atom is -0.192 e. The van der Waals surface area contributed by atoms with Gasteiger partial charge in [-0.05, 0) is 36.1 Å². The van der Waals surface area contributed by atoms with Gasteiger partial charge in [0.25, 0.3) is 0 Å². The summed E-state index contributed by atoms with van der Waals surface area (Å²) in [7, 11) is 0.